The number of nitrogens with zero attached hydrogens (tertiary/aromatic N) is 2. The van der Waals surface area contributed by atoms with Crippen molar-refractivity contribution < 1.29 is 9.18 Å². The Bertz CT molecular complexity index is 615. The average molecular weight is 288 g/mol. The van der Waals surface area contributed by atoms with Crippen LogP contribution < -0.4 is 10.6 Å². The van der Waals surface area contributed by atoms with Gasteiger partial charge in [-0.3, -0.25) is 4.79 Å². The number of rotatable bonds is 5. The highest BCUT2D eigenvalue weighted by atomic mass is 19.1. The van der Waals surface area contributed by atoms with Crippen molar-refractivity contribution in [1.82, 2.24) is 15.5 Å². The van der Waals surface area contributed by atoms with E-state index in [9.17, 15) is 9.18 Å². The van der Waals surface area contributed by atoms with Gasteiger partial charge in [-0.2, -0.15) is 0 Å². The molecule has 2 rings (SSSR count). The molecule has 0 fully saturated rings. The van der Waals surface area contributed by atoms with Crippen molar-refractivity contribution in [2.24, 2.45) is 0 Å². The summed E-state index contributed by atoms with van der Waals surface area (Å²) in [4.78, 5) is 12.1. The van der Waals surface area contributed by atoms with Gasteiger partial charge in [0.15, 0.2) is 5.69 Å². The fourth-order valence-electron chi connectivity index (χ4n) is 1.90. The first kappa shape index (κ1) is 14.9. The third-order valence-electron chi connectivity index (χ3n) is 2.97. The van der Waals surface area contributed by atoms with E-state index in [1.807, 2.05) is 6.92 Å². The second kappa shape index (κ2) is 6.78. The smallest absolute Gasteiger partial charge is 0.272 e. The van der Waals surface area contributed by atoms with Crippen LogP contribution in [0, 0.1) is 5.82 Å². The summed E-state index contributed by atoms with van der Waals surface area (Å²) in [6.45, 7) is 4.39. The van der Waals surface area contributed by atoms with Crippen molar-refractivity contribution in [3.05, 3.63) is 53.5 Å². The molecule has 1 atom stereocenters. The molecule has 1 aromatic heterocycles. The minimum atomic E-state index is -0.450. The monoisotopic (exact) mass is 288 g/mol. The van der Waals surface area contributed by atoms with Crippen molar-refractivity contribution in [2.45, 2.75) is 19.9 Å². The molecule has 0 aliphatic rings. The maximum atomic E-state index is 13.6. The molecule has 0 radical (unpaired) electrons. The molecule has 1 unspecified atom stereocenters. The molecule has 1 amide bonds. The molecule has 0 aliphatic carbocycles. The Morgan fingerprint density at radius 2 is 2.00 bits per heavy atom. The van der Waals surface area contributed by atoms with Crippen LogP contribution in [0.25, 0.3) is 0 Å². The predicted molar refractivity (Wildman–Crippen MR) is 78.5 cm³/mol. The molecule has 0 saturated carbocycles. The molecule has 0 spiro atoms. The van der Waals surface area contributed by atoms with Crippen molar-refractivity contribution >= 4 is 11.7 Å². The van der Waals surface area contributed by atoms with Crippen LogP contribution in [0.3, 0.4) is 0 Å². The Morgan fingerprint density at radius 1 is 1.24 bits per heavy atom. The maximum absolute atomic E-state index is 13.6. The highest BCUT2D eigenvalue weighted by Crippen LogP contribution is 2.16. The molecule has 21 heavy (non-hydrogen) atoms. The fraction of sp³-hybridized carbons (Fsp3) is 0.267. The quantitative estimate of drug-likeness (QED) is 0.887. The van der Waals surface area contributed by atoms with Gasteiger partial charge in [0, 0.05) is 12.1 Å². The van der Waals surface area contributed by atoms with E-state index in [0.29, 0.717) is 11.4 Å². The largest absolute Gasteiger partial charge is 0.369 e. The summed E-state index contributed by atoms with van der Waals surface area (Å²) in [5, 5.41) is 13.4. The zero-order valence-electron chi connectivity index (χ0n) is 11.9. The first-order chi connectivity index (χ1) is 10.1. The predicted octanol–water partition coefficient (Wildman–Crippen LogP) is 2.54. The molecule has 110 valence electrons. The molecular formula is C15H17FN4O. The van der Waals surface area contributed by atoms with Gasteiger partial charge in [0.1, 0.15) is 11.6 Å². The average Bonchev–Trinajstić information content (AvgIpc) is 2.48. The van der Waals surface area contributed by atoms with Gasteiger partial charge in [-0.05, 0) is 32.0 Å². The number of halogens is 1. The third kappa shape index (κ3) is 3.75. The van der Waals surface area contributed by atoms with Crippen LogP contribution in [-0.4, -0.2) is 22.6 Å². The first-order valence-corrected chi connectivity index (χ1v) is 6.74. The molecule has 1 heterocycles. The summed E-state index contributed by atoms with van der Waals surface area (Å²) < 4.78 is 13.6. The van der Waals surface area contributed by atoms with Crippen molar-refractivity contribution in [2.75, 3.05) is 11.9 Å². The standard InChI is InChI=1S/C15H17FN4O/c1-3-17-14-9-8-13(19-20-14)15(21)18-10(2)11-6-4-5-7-12(11)16/h4-10H,3H2,1-2H3,(H,17,20)(H,18,21). The number of aromatic nitrogens is 2. The third-order valence-corrected chi connectivity index (χ3v) is 2.97. The van der Waals surface area contributed by atoms with E-state index in [1.165, 1.54) is 6.07 Å². The van der Waals surface area contributed by atoms with Crippen molar-refractivity contribution in [3.63, 3.8) is 0 Å². The van der Waals surface area contributed by atoms with Gasteiger partial charge >= 0.3 is 0 Å². The van der Waals surface area contributed by atoms with Gasteiger partial charge in [0.05, 0.1) is 6.04 Å². The molecule has 2 aromatic rings. The summed E-state index contributed by atoms with van der Waals surface area (Å²) in [5.74, 6) is -0.128. The summed E-state index contributed by atoms with van der Waals surface area (Å²) in [6.07, 6.45) is 0. The Kier molecular flexibility index (Phi) is 4.81. The summed E-state index contributed by atoms with van der Waals surface area (Å²) in [7, 11) is 0. The number of anilines is 1. The van der Waals surface area contributed by atoms with Gasteiger partial charge in [0.25, 0.3) is 5.91 Å². The molecule has 0 aliphatic heterocycles. The molecular weight excluding hydrogens is 271 g/mol. The second-order valence-corrected chi connectivity index (χ2v) is 4.55. The Hall–Kier alpha value is -2.50. The number of hydrogen-bond donors (Lipinski definition) is 2. The number of amides is 1. The van der Waals surface area contributed by atoms with E-state index in [1.54, 1.807) is 37.3 Å². The normalized spacial score (nSPS) is 11.8. The Balaban J connectivity index is 2.05. The van der Waals surface area contributed by atoms with Crippen LogP contribution in [0.1, 0.15) is 35.9 Å². The summed E-state index contributed by atoms with van der Waals surface area (Å²) >= 11 is 0. The number of hydrogen-bond acceptors (Lipinski definition) is 4. The number of carbonyl (C=O) groups is 1. The zero-order chi connectivity index (χ0) is 15.2. The fourth-order valence-corrected chi connectivity index (χ4v) is 1.90. The van der Waals surface area contributed by atoms with Crippen LogP contribution in [-0.2, 0) is 0 Å². The van der Waals surface area contributed by atoms with E-state index >= 15 is 0 Å². The molecule has 0 bridgehead atoms. The highest BCUT2D eigenvalue weighted by Gasteiger charge is 2.15. The Labute approximate surface area is 122 Å². The van der Waals surface area contributed by atoms with Crippen molar-refractivity contribution in [3.8, 4) is 0 Å². The molecule has 1 aromatic carbocycles. The lowest BCUT2D eigenvalue weighted by Crippen LogP contribution is -2.28. The van der Waals surface area contributed by atoms with Crippen LogP contribution in [0.4, 0.5) is 10.2 Å². The van der Waals surface area contributed by atoms with E-state index in [4.69, 9.17) is 0 Å². The molecule has 0 saturated heterocycles. The van der Waals surface area contributed by atoms with Crippen molar-refractivity contribution in [1.29, 1.82) is 0 Å². The zero-order valence-corrected chi connectivity index (χ0v) is 11.9. The van der Waals surface area contributed by atoms with Gasteiger partial charge in [-0.1, -0.05) is 18.2 Å². The minimum absolute atomic E-state index is 0.194. The first-order valence-electron chi connectivity index (χ1n) is 6.74. The lowest BCUT2D eigenvalue weighted by molar-refractivity contribution is 0.0933. The molecule has 2 N–H and O–H groups in total. The van der Waals surface area contributed by atoms with Crippen LogP contribution in [0.15, 0.2) is 36.4 Å². The maximum Gasteiger partial charge on any atom is 0.272 e. The highest BCUT2D eigenvalue weighted by molar-refractivity contribution is 5.92. The van der Waals surface area contributed by atoms with Crippen LogP contribution >= 0.6 is 0 Å². The van der Waals surface area contributed by atoms with Crippen LogP contribution in [0.5, 0.6) is 0 Å². The van der Waals surface area contributed by atoms with E-state index in [-0.39, 0.29) is 17.4 Å². The minimum Gasteiger partial charge on any atom is -0.369 e. The number of nitrogens with one attached hydrogen (secondary N) is 2. The van der Waals surface area contributed by atoms with E-state index in [2.05, 4.69) is 20.8 Å². The lowest BCUT2D eigenvalue weighted by atomic mass is 10.1. The summed E-state index contributed by atoms with van der Waals surface area (Å²) in [5.41, 5.74) is 0.628. The topological polar surface area (TPSA) is 66.9 Å². The second-order valence-electron chi connectivity index (χ2n) is 4.55. The SMILES string of the molecule is CCNc1ccc(C(=O)NC(C)c2ccccc2F)nn1. The lowest BCUT2D eigenvalue weighted by Gasteiger charge is -2.14. The number of carbonyl (C=O) groups excluding carboxylic acids is 1. The van der Waals surface area contributed by atoms with Gasteiger partial charge in [-0.15, -0.1) is 10.2 Å². The van der Waals surface area contributed by atoms with Gasteiger partial charge in [-0.25, -0.2) is 4.39 Å². The van der Waals surface area contributed by atoms with Gasteiger partial charge in [0.2, 0.25) is 0 Å². The molecule has 6 heteroatoms. The van der Waals surface area contributed by atoms with E-state index < -0.39 is 6.04 Å². The number of benzene rings is 1. The van der Waals surface area contributed by atoms with Crippen LogP contribution in [0.2, 0.25) is 0 Å². The van der Waals surface area contributed by atoms with Gasteiger partial charge < -0.3 is 10.6 Å². The van der Waals surface area contributed by atoms with E-state index in [0.717, 1.165) is 6.54 Å². The summed E-state index contributed by atoms with van der Waals surface area (Å²) in [6, 6.07) is 9.15. The molecule has 5 nitrogen and oxygen atoms in total. The Morgan fingerprint density at radius 3 is 2.62 bits per heavy atom.